The second-order valence-electron chi connectivity index (χ2n) is 14.4. The maximum Gasteiger partial charge on any atom is 0.341 e. The molecule has 4 aliphatic heterocycles. The highest BCUT2D eigenvalue weighted by atomic mass is 32.2. The fourth-order valence-corrected chi connectivity index (χ4v) is 8.55. The van der Waals surface area contributed by atoms with Crippen LogP contribution in [0.1, 0.15) is 124 Å². The number of carbonyl (C=O) groups excluding carboxylic acids is 2. The Bertz CT molecular complexity index is 2090. The third-order valence-corrected chi connectivity index (χ3v) is 11.7. The SMILES string of the molecule is C=Cc1c(C)c2cc3nc(c4c5nc(cc6[nH]c(cc1[nH]2)c(C)c6CC)C(C)=C5C(=O)OC4)CC3C.CC.CCC=O.CNCCCSC1CC(O)CC(CO)O1. The maximum absolute atomic E-state index is 12.8. The number of hydrogen-bond donors (Lipinski definition) is 5. The van der Waals surface area contributed by atoms with Crippen molar-refractivity contribution >= 4 is 63.3 Å². The molecule has 4 unspecified atom stereocenters. The summed E-state index contributed by atoms with van der Waals surface area (Å²) >= 11 is 1.73. The number of carbonyl (C=O) groups is 2. The van der Waals surface area contributed by atoms with Crippen molar-refractivity contribution in [2.24, 2.45) is 0 Å². The van der Waals surface area contributed by atoms with E-state index in [0.717, 1.165) is 105 Å². The van der Waals surface area contributed by atoms with E-state index in [9.17, 15) is 14.7 Å². The Hall–Kier alpha value is -4.07. The van der Waals surface area contributed by atoms with E-state index in [-0.39, 0.29) is 42.7 Å². The fourth-order valence-electron chi connectivity index (χ4n) is 7.39. The number of rotatable bonds is 9. The van der Waals surface area contributed by atoms with Gasteiger partial charge in [0.15, 0.2) is 0 Å². The molecule has 0 aromatic carbocycles. The molecule has 0 saturated carbocycles. The Morgan fingerprint density at radius 3 is 2.39 bits per heavy atom. The summed E-state index contributed by atoms with van der Waals surface area (Å²) in [5.74, 6) is 0.960. The summed E-state index contributed by atoms with van der Waals surface area (Å²) < 4.78 is 11.2. The molecule has 4 aliphatic rings. The number of aromatic amines is 2. The first-order valence-electron chi connectivity index (χ1n) is 20.4. The van der Waals surface area contributed by atoms with Crippen LogP contribution in [0.5, 0.6) is 0 Å². The Kier molecular flexibility index (Phi) is 17.3. The van der Waals surface area contributed by atoms with E-state index in [1.54, 1.807) is 11.8 Å². The van der Waals surface area contributed by atoms with Gasteiger partial charge in [-0.25, -0.2) is 9.78 Å². The van der Waals surface area contributed by atoms with Crippen molar-refractivity contribution in [2.75, 3.05) is 26.0 Å². The first kappa shape index (κ1) is 45.6. The van der Waals surface area contributed by atoms with Crippen LogP contribution in [0.25, 0.3) is 39.3 Å². The quantitative estimate of drug-likeness (QED) is 0.0809. The molecule has 7 heterocycles. The molecule has 3 aromatic heterocycles. The molecule has 3 aromatic rings. The standard InChI is InChI=1S/C30H30N4O2.C10H21NO3S.C3H6O.C2H6/c1-7-18-15(4)22-10-21-14(3)9-25(31-21)20-13-36-30(35)28-17(6)24(34-29(20)28)12-27-19(8-2)16(5)23(33-27)11-26(18)32-22;1-11-3-2-4-15-10-6-8(13)5-9(7-12)14-10;1-2-3-4;1-2/h7,10-12,14,32-33H,1,8-9,13H2,2-6H3;8-13H,2-7H2,1H3;3H,2H2,1H3;1-2H3. The smallest absolute Gasteiger partial charge is 0.341 e. The maximum atomic E-state index is 12.8. The van der Waals surface area contributed by atoms with Gasteiger partial charge in [-0.1, -0.05) is 47.3 Å². The van der Waals surface area contributed by atoms with Crippen molar-refractivity contribution in [3.8, 4) is 0 Å². The van der Waals surface area contributed by atoms with Crippen molar-refractivity contribution in [2.45, 2.75) is 124 Å². The van der Waals surface area contributed by atoms with Crippen LogP contribution >= 0.6 is 11.8 Å². The minimum absolute atomic E-state index is 0.00460. The first-order valence-corrected chi connectivity index (χ1v) is 21.4. The van der Waals surface area contributed by atoms with Gasteiger partial charge in [-0.2, -0.15) is 0 Å². The van der Waals surface area contributed by atoms with Gasteiger partial charge >= 0.3 is 5.97 Å². The second kappa shape index (κ2) is 21.6. The molecule has 12 heteroatoms. The number of aliphatic hydroxyl groups is 2. The predicted octanol–water partition coefficient (Wildman–Crippen LogP) is 8.28. The lowest BCUT2D eigenvalue weighted by Crippen LogP contribution is -2.36. The lowest BCUT2D eigenvalue weighted by molar-refractivity contribution is -0.138. The fraction of sp³-hybridized carbons (Fsp3) is 0.511. The Morgan fingerprint density at radius 1 is 1.04 bits per heavy atom. The van der Waals surface area contributed by atoms with Gasteiger partial charge < -0.3 is 39.8 Å². The van der Waals surface area contributed by atoms with Gasteiger partial charge in [-0.05, 0) is 99.8 Å². The number of aliphatic hydroxyl groups excluding tert-OH is 2. The van der Waals surface area contributed by atoms with E-state index in [4.69, 9.17) is 24.5 Å². The van der Waals surface area contributed by atoms with Crippen LogP contribution in [-0.4, -0.2) is 86.0 Å². The topological polar surface area (TPSA) is 162 Å². The molecule has 57 heavy (non-hydrogen) atoms. The van der Waals surface area contributed by atoms with Crippen LogP contribution in [0.15, 0.2) is 24.8 Å². The Labute approximate surface area is 342 Å². The number of thioether (sulfide) groups is 1. The number of hydrogen-bond acceptors (Lipinski definition) is 10. The normalized spacial score (nSPS) is 19.6. The number of ether oxygens (including phenoxy) is 2. The highest BCUT2D eigenvalue weighted by molar-refractivity contribution is 7.99. The number of aryl methyl sites for hydroxylation is 3. The van der Waals surface area contributed by atoms with Gasteiger partial charge in [0.2, 0.25) is 0 Å². The minimum atomic E-state index is -0.322. The highest BCUT2D eigenvalue weighted by Crippen LogP contribution is 2.39. The van der Waals surface area contributed by atoms with E-state index in [1.807, 2.05) is 40.8 Å². The van der Waals surface area contributed by atoms with Gasteiger partial charge in [-0.15, -0.1) is 11.8 Å². The number of H-pyrrole nitrogens is 2. The van der Waals surface area contributed by atoms with Crippen LogP contribution in [0, 0.1) is 13.8 Å². The summed E-state index contributed by atoms with van der Waals surface area (Å²) in [6, 6.07) is 6.38. The van der Waals surface area contributed by atoms with E-state index in [2.05, 4.69) is 67.8 Å². The monoisotopic (exact) mass is 801 g/mol. The number of allylic oxidation sites excluding steroid dienone is 1. The molecule has 0 spiro atoms. The lowest BCUT2D eigenvalue weighted by atomic mass is 9.97. The van der Waals surface area contributed by atoms with Crippen LogP contribution < -0.4 is 5.32 Å². The van der Waals surface area contributed by atoms with Crippen molar-refractivity contribution in [3.63, 3.8) is 0 Å². The molecule has 1 fully saturated rings. The molecule has 310 valence electrons. The number of fused-ring (bicyclic) bond motifs is 8. The molecule has 8 bridgehead atoms. The largest absolute Gasteiger partial charge is 0.457 e. The van der Waals surface area contributed by atoms with Gasteiger partial charge in [0, 0.05) is 64.1 Å². The molecule has 0 radical (unpaired) electrons. The van der Waals surface area contributed by atoms with Gasteiger partial charge in [-0.3, -0.25) is 4.98 Å². The third kappa shape index (κ3) is 10.7. The molecular formula is C45H63N5O6S. The van der Waals surface area contributed by atoms with Crippen LogP contribution in [0.2, 0.25) is 0 Å². The summed E-state index contributed by atoms with van der Waals surface area (Å²) in [5.41, 5.74) is 14.6. The summed E-state index contributed by atoms with van der Waals surface area (Å²) in [5, 5.41) is 21.6. The highest BCUT2D eigenvalue weighted by Gasteiger charge is 2.34. The average Bonchev–Trinajstić information content (AvgIpc) is 3.92. The van der Waals surface area contributed by atoms with Gasteiger partial charge in [0.05, 0.1) is 41.5 Å². The number of aldehydes is 1. The van der Waals surface area contributed by atoms with Crippen molar-refractivity contribution < 1.29 is 29.3 Å². The number of esters is 1. The summed E-state index contributed by atoms with van der Waals surface area (Å²) in [4.78, 5) is 39.2. The van der Waals surface area contributed by atoms with E-state index in [1.165, 1.54) is 11.1 Å². The molecule has 1 saturated heterocycles. The van der Waals surface area contributed by atoms with Gasteiger partial charge in [0.25, 0.3) is 0 Å². The predicted molar refractivity (Wildman–Crippen MR) is 234 cm³/mol. The molecule has 0 amide bonds. The summed E-state index contributed by atoms with van der Waals surface area (Å²) in [7, 11) is 1.94. The van der Waals surface area contributed by atoms with Crippen LogP contribution in [0.3, 0.4) is 0 Å². The van der Waals surface area contributed by atoms with E-state index < -0.39 is 0 Å². The Balaban J connectivity index is 0.000000286. The number of nitrogens with one attached hydrogen (secondary N) is 3. The zero-order valence-corrected chi connectivity index (χ0v) is 36.1. The molecule has 4 atom stereocenters. The summed E-state index contributed by atoms with van der Waals surface area (Å²) in [6.45, 7) is 21.7. The van der Waals surface area contributed by atoms with Crippen LogP contribution in [0.4, 0.5) is 0 Å². The van der Waals surface area contributed by atoms with Crippen LogP contribution in [-0.2, 0) is 38.5 Å². The Morgan fingerprint density at radius 2 is 1.74 bits per heavy atom. The molecular weight excluding hydrogens is 739 g/mol. The minimum Gasteiger partial charge on any atom is -0.457 e. The molecule has 11 nitrogen and oxygen atoms in total. The zero-order chi connectivity index (χ0) is 41.8. The lowest BCUT2D eigenvalue weighted by Gasteiger charge is -2.31. The van der Waals surface area contributed by atoms with Crippen molar-refractivity contribution in [1.29, 1.82) is 0 Å². The number of aromatic nitrogens is 4. The third-order valence-electron chi connectivity index (χ3n) is 10.5. The van der Waals surface area contributed by atoms with Gasteiger partial charge in [0.1, 0.15) is 18.3 Å². The number of cyclic esters (lactones) is 1. The number of nitrogens with zero attached hydrogens (tertiary/aromatic N) is 2. The van der Waals surface area contributed by atoms with Crippen molar-refractivity contribution in [3.05, 3.63) is 75.4 Å². The molecule has 0 aliphatic carbocycles. The average molecular weight is 802 g/mol. The van der Waals surface area contributed by atoms with Crippen molar-refractivity contribution in [1.82, 2.24) is 25.3 Å². The second-order valence-corrected chi connectivity index (χ2v) is 15.7. The molecule has 7 rings (SSSR count). The summed E-state index contributed by atoms with van der Waals surface area (Å²) in [6.07, 6.45) is 6.93. The molecule has 5 N–H and O–H groups in total. The first-order chi connectivity index (χ1) is 27.5. The zero-order valence-electron chi connectivity index (χ0n) is 35.3. The van der Waals surface area contributed by atoms with E-state index in [0.29, 0.717) is 24.8 Å². The van der Waals surface area contributed by atoms with E-state index >= 15 is 0 Å².